The molecule has 2 fully saturated rings. The molecular weight excluding hydrogens is 318 g/mol. The number of rotatable bonds is 5. The fourth-order valence-corrected chi connectivity index (χ4v) is 4.34. The van der Waals surface area contributed by atoms with Crippen molar-refractivity contribution in [2.75, 3.05) is 32.0 Å². The van der Waals surface area contributed by atoms with Crippen LogP contribution in [0.2, 0.25) is 0 Å². The van der Waals surface area contributed by atoms with Crippen LogP contribution in [0.25, 0.3) is 0 Å². The van der Waals surface area contributed by atoms with Gasteiger partial charge in [-0.05, 0) is 19.1 Å². The van der Waals surface area contributed by atoms with Crippen molar-refractivity contribution in [2.45, 2.75) is 13.0 Å². The Morgan fingerprint density at radius 3 is 3.00 bits per heavy atom. The summed E-state index contributed by atoms with van der Waals surface area (Å²) in [6.07, 6.45) is 3.08. The average Bonchev–Trinajstić information content (AvgIpc) is 3.15. The zero-order chi connectivity index (χ0) is 16.4. The fraction of sp³-hybridized carbons (Fsp3) is 0.600. The van der Waals surface area contributed by atoms with E-state index in [2.05, 4.69) is 10.3 Å². The zero-order valence-electron chi connectivity index (χ0n) is 13.0. The molecular formula is C15H21N3O4S. The van der Waals surface area contributed by atoms with Gasteiger partial charge < -0.3 is 10.1 Å². The Morgan fingerprint density at radius 2 is 2.30 bits per heavy atom. The van der Waals surface area contributed by atoms with E-state index in [0.29, 0.717) is 31.8 Å². The SMILES string of the molecule is CCS(=O)(=O)N1C[C@@H]2[C@@H](CNC(=O)c3cccnc3)CO[C@@H]2C1. The van der Waals surface area contributed by atoms with Crippen molar-refractivity contribution in [3.8, 4) is 0 Å². The normalized spacial score (nSPS) is 27.8. The lowest BCUT2D eigenvalue weighted by atomic mass is 9.93. The van der Waals surface area contributed by atoms with Crippen molar-refractivity contribution in [2.24, 2.45) is 11.8 Å². The van der Waals surface area contributed by atoms with E-state index < -0.39 is 10.0 Å². The van der Waals surface area contributed by atoms with Crippen LogP contribution < -0.4 is 5.32 Å². The van der Waals surface area contributed by atoms with Crippen molar-refractivity contribution in [1.29, 1.82) is 0 Å². The van der Waals surface area contributed by atoms with Gasteiger partial charge in [-0.15, -0.1) is 0 Å². The lowest BCUT2D eigenvalue weighted by Gasteiger charge is -2.19. The van der Waals surface area contributed by atoms with Gasteiger partial charge in [0.2, 0.25) is 10.0 Å². The summed E-state index contributed by atoms with van der Waals surface area (Å²) < 4.78 is 31.2. The predicted molar refractivity (Wildman–Crippen MR) is 84.3 cm³/mol. The van der Waals surface area contributed by atoms with Crippen molar-refractivity contribution in [3.63, 3.8) is 0 Å². The molecule has 0 bridgehead atoms. The standard InChI is InChI=1S/C15H21N3O4S/c1-2-23(20,21)18-8-13-12(10-22-14(13)9-18)7-17-15(19)11-4-3-5-16-6-11/h3-6,12-14H,2,7-10H2,1H3,(H,17,19)/t12-,13+,14+/m0/s1. The number of amides is 1. The van der Waals surface area contributed by atoms with Gasteiger partial charge in [-0.2, -0.15) is 4.31 Å². The van der Waals surface area contributed by atoms with E-state index in [-0.39, 0.29) is 29.6 Å². The second-order valence-electron chi connectivity index (χ2n) is 5.96. The first-order valence-electron chi connectivity index (χ1n) is 7.79. The Labute approximate surface area is 136 Å². The van der Waals surface area contributed by atoms with E-state index in [9.17, 15) is 13.2 Å². The Morgan fingerprint density at radius 1 is 1.48 bits per heavy atom. The van der Waals surface area contributed by atoms with Crippen LogP contribution in [0.15, 0.2) is 24.5 Å². The molecule has 3 rings (SSSR count). The van der Waals surface area contributed by atoms with Crippen LogP contribution in [-0.4, -0.2) is 61.7 Å². The van der Waals surface area contributed by atoms with Crippen LogP contribution in [0, 0.1) is 11.8 Å². The maximum atomic E-state index is 12.1. The topological polar surface area (TPSA) is 88.6 Å². The minimum atomic E-state index is -3.18. The smallest absolute Gasteiger partial charge is 0.252 e. The van der Waals surface area contributed by atoms with E-state index in [1.807, 2.05) is 0 Å². The van der Waals surface area contributed by atoms with Crippen LogP contribution in [0.5, 0.6) is 0 Å². The number of carbonyl (C=O) groups excluding carboxylic acids is 1. The van der Waals surface area contributed by atoms with Gasteiger partial charge in [0.25, 0.3) is 5.91 Å². The molecule has 1 N–H and O–H groups in total. The molecule has 126 valence electrons. The molecule has 0 spiro atoms. The van der Waals surface area contributed by atoms with Gasteiger partial charge in [-0.3, -0.25) is 9.78 Å². The van der Waals surface area contributed by atoms with E-state index >= 15 is 0 Å². The third-order valence-electron chi connectivity index (χ3n) is 4.61. The lowest BCUT2D eigenvalue weighted by Crippen LogP contribution is -2.35. The number of hydrogen-bond acceptors (Lipinski definition) is 5. The van der Waals surface area contributed by atoms with Crippen molar-refractivity contribution < 1.29 is 17.9 Å². The van der Waals surface area contributed by atoms with Crippen molar-refractivity contribution in [3.05, 3.63) is 30.1 Å². The second-order valence-corrected chi connectivity index (χ2v) is 8.22. The largest absolute Gasteiger partial charge is 0.376 e. The summed E-state index contributed by atoms with van der Waals surface area (Å²) in [4.78, 5) is 16.0. The molecule has 2 aliphatic rings. The molecule has 2 saturated heterocycles. The number of sulfonamides is 1. The summed E-state index contributed by atoms with van der Waals surface area (Å²) in [6, 6.07) is 3.43. The molecule has 8 heteroatoms. The summed E-state index contributed by atoms with van der Waals surface area (Å²) in [5.74, 6) is 0.218. The van der Waals surface area contributed by atoms with Crippen LogP contribution in [0.1, 0.15) is 17.3 Å². The first kappa shape index (κ1) is 16.4. The van der Waals surface area contributed by atoms with Crippen LogP contribution >= 0.6 is 0 Å². The summed E-state index contributed by atoms with van der Waals surface area (Å²) in [7, 11) is -3.18. The number of fused-ring (bicyclic) bond motifs is 1. The average molecular weight is 339 g/mol. The van der Waals surface area contributed by atoms with Gasteiger partial charge in [-0.25, -0.2) is 8.42 Å². The number of ether oxygens (including phenoxy) is 1. The van der Waals surface area contributed by atoms with Crippen LogP contribution in [0.4, 0.5) is 0 Å². The van der Waals surface area contributed by atoms with Gasteiger partial charge in [0.05, 0.1) is 24.0 Å². The fourth-order valence-electron chi connectivity index (χ4n) is 3.21. The third-order valence-corrected chi connectivity index (χ3v) is 6.43. The molecule has 1 aromatic heterocycles. The Balaban J connectivity index is 1.57. The van der Waals surface area contributed by atoms with Gasteiger partial charge in [-0.1, -0.05) is 0 Å². The number of hydrogen-bond donors (Lipinski definition) is 1. The molecule has 0 unspecified atom stereocenters. The first-order valence-corrected chi connectivity index (χ1v) is 9.40. The monoisotopic (exact) mass is 339 g/mol. The first-order chi connectivity index (χ1) is 11.0. The maximum Gasteiger partial charge on any atom is 0.252 e. The highest BCUT2D eigenvalue weighted by Gasteiger charge is 2.46. The summed E-state index contributed by atoms with van der Waals surface area (Å²) in [5, 5.41) is 2.89. The van der Waals surface area contributed by atoms with E-state index in [0.717, 1.165) is 0 Å². The van der Waals surface area contributed by atoms with Gasteiger partial charge >= 0.3 is 0 Å². The molecule has 0 aliphatic carbocycles. The molecule has 23 heavy (non-hydrogen) atoms. The highest BCUT2D eigenvalue weighted by atomic mass is 32.2. The zero-order valence-corrected chi connectivity index (χ0v) is 13.8. The van der Waals surface area contributed by atoms with E-state index in [1.165, 1.54) is 10.5 Å². The minimum absolute atomic E-state index is 0.0587. The Bertz CT molecular complexity index is 665. The highest BCUT2D eigenvalue weighted by molar-refractivity contribution is 7.89. The maximum absolute atomic E-state index is 12.1. The van der Waals surface area contributed by atoms with E-state index in [1.54, 1.807) is 25.3 Å². The molecule has 7 nitrogen and oxygen atoms in total. The minimum Gasteiger partial charge on any atom is -0.376 e. The lowest BCUT2D eigenvalue weighted by molar-refractivity contribution is 0.0932. The number of aromatic nitrogens is 1. The molecule has 0 radical (unpaired) electrons. The van der Waals surface area contributed by atoms with Gasteiger partial charge in [0.1, 0.15) is 0 Å². The quantitative estimate of drug-likeness (QED) is 0.822. The van der Waals surface area contributed by atoms with Gasteiger partial charge in [0.15, 0.2) is 0 Å². The van der Waals surface area contributed by atoms with Crippen LogP contribution in [-0.2, 0) is 14.8 Å². The number of carbonyl (C=O) groups is 1. The van der Waals surface area contributed by atoms with Crippen molar-refractivity contribution >= 4 is 15.9 Å². The molecule has 1 amide bonds. The molecule has 3 heterocycles. The number of nitrogens with one attached hydrogen (secondary N) is 1. The Hall–Kier alpha value is -1.51. The highest BCUT2D eigenvalue weighted by Crippen LogP contribution is 2.34. The van der Waals surface area contributed by atoms with Gasteiger partial charge in [0, 0.05) is 43.9 Å². The molecule has 1 aromatic rings. The second kappa shape index (κ2) is 6.54. The third kappa shape index (κ3) is 3.39. The summed E-state index contributed by atoms with van der Waals surface area (Å²) >= 11 is 0. The number of nitrogens with zero attached hydrogens (tertiary/aromatic N) is 2. The van der Waals surface area contributed by atoms with Crippen molar-refractivity contribution in [1.82, 2.24) is 14.6 Å². The van der Waals surface area contributed by atoms with E-state index in [4.69, 9.17) is 4.74 Å². The Kier molecular flexibility index (Phi) is 4.65. The summed E-state index contributed by atoms with van der Waals surface area (Å²) in [6.45, 7) is 3.59. The predicted octanol–water partition coefficient (Wildman–Crippen LogP) is 0.108. The van der Waals surface area contributed by atoms with Crippen LogP contribution in [0.3, 0.4) is 0 Å². The molecule has 0 saturated carbocycles. The number of pyridine rings is 1. The molecule has 3 atom stereocenters. The molecule has 2 aliphatic heterocycles. The molecule has 0 aromatic carbocycles. The summed E-state index contributed by atoms with van der Waals surface area (Å²) in [5.41, 5.74) is 0.518.